The number of rotatable bonds is 11. The lowest BCUT2D eigenvalue weighted by molar-refractivity contribution is -0.580. The van der Waals surface area contributed by atoms with E-state index in [4.69, 9.17) is 9.47 Å². The summed E-state index contributed by atoms with van der Waals surface area (Å²) in [6.07, 6.45) is 1.51. The molecule has 0 unspecified atom stereocenters. The van der Waals surface area contributed by atoms with E-state index in [1.54, 1.807) is 17.1 Å². The van der Waals surface area contributed by atoms with Crippen molar-refractivity contribution in [2.45, 2.75) is 27.7 Å². The van der Waals surface area contributed by atoms with E-state index in [9.17, 15) is 14.8 Å². The van der Waals surface area contributed by atoms with Crippen LogP contribution in [-0.2, 0) is 9.47 Å². The molecule has 0 spiro atoms. The molecule has 166 valence electrons. The average molecular weight is 422 g/mol. The van der Waals surface area contributed by atoms with Gasteiger partial charge >= 0.3 is 30.0 Å². The Labute approximate surface area is 176 Å². The Hall–Kier alpha value is -3.37. The van der Waals surface area contributed by atoms with Crippen molar-refractivity contribution in [3.63, 3.8) is 0 Å². The van der Waals surface area contributed by atoms with E-state index in [0.29, 0.717) is 13.1 Å². The van der Waals surface area contributed by atoms with E-state index in [2.05, 4.69) is 33.8 Å². The first-order chi connectivity index (χ1) is 14.2. The van der Waals surface area contributed by atoms with Crippen molar-refractivity contribution in [1.82, 2.24) is 9.97 Å². The van der Waals surface area contributed by atoms with Crippen LogP contribution in [0.2, 0.25) is 0 Å². The van der Waals surface area contributed by atoms with E-state index < -0.39 is 24.1 Å². The lowest BCUT2D eigenvalue weighted by atomic mass is 10.2. The van der Waals surface area contributed by atoms with E-state index in [0.717, 1.165) is 0 Å². The van der Waals surface area contributed by atoms with Crippen LogP contribution in [0.5, 0.6) is 0 Å². The number of aromatic nitrogens is 3. The highest BCUT2D eigenvalue weighted by Gasteiger charge is 2.24. The molecule has 0 aliphatic carbocycles. The van der Waals surface area contributed by atoms with E-state index in [1.807, 2.05) is 27.7 Å². The van der Waals surface area contributed by atoms with Gasteiger partial charge < -0.3 is 19.6 Å². The van der Waals surface area contributed by atoms with Gasteiger partial charge in [-0.1, -0.05) is 49.8 Å². The van der Waals surface area contributed by atoms with Crippen LogP contribution in [0.3, 0.4) is 0 Å². The van der Waals surface area contributed by atoms with Crippen molar-refractivity contribution in [2.24, 2.45) is 11.8 Å². The van der Waals surface area contributed by atoms with Crippen LogP contribution in [0, 0.1) is 17.0 Å². The maximum Gasteiger partial charge on any atom is 0.451 e. The van der Waals surface area contributed by atoms with Crippen molar-refractivity contribution >= 4 is 30.0 Å². The first-order valence-corrected chi connectivity index (χ1v) is 9.53. The number of carbonyl (C=O) groups is 2. The minimum atomic E-state index is -0.856. The molecular weight excluding hydrogens is 392 g/mol. The smallest absolute Gasteiger partial charge is 0.451 e. The Morgan fingerprint density at radius 2 is 1.40 bits per heavy atom. The first kappa shape index (κ1) is 24.7. The summed E-state index contributed by atoms with van der Waals surface area (Å²) in [6, 6.07) is 0. The molecule has 1 aromatic heterocycles. The van der Waals surface area contributed by atoms with Crippen LogP contribution < -0.4 is 20.3 Å². The SMILES string of the molecule is C=CCN(CC=C)c1nc(NC(=O)OCC(C)C)[n+]([O-])c(NC(=O)OCC(C)C)n1. The fraction of sp³-hybridized carbons (Fsp3) is 0.526. The van der Waals surface area contributed by atoms with Crippen molar-refractivity contribution in [2.75, 3.05) is 41.8 Å². The number of ether oxygens (including phenoxy) is 2. The third-order valence-electron chi connectivity index (χ3n) is 3.30. The van der Waals surface area contributed by atoms with Crippen LogP contribution >= 0.6 is 0 Å². The molecule has 11 nitrogen and oxygen atoms in total. The van der Waals surface area contributed by atoms with Gasteiger partial charge in [0.15, 0.2) is 0 Å². The molecule has 11 heteroatoms. The highest BCUT2D eigenvalue weighted by Crippen LogP contribution is 2.13. The summed E-state index contributed by atoms with van der Waals surface area (Å²) in [6.45, 7) is 15.8. The highest BCUT2D eigenvalue weighted by atomic mass is 16.6. The second-order valence-electron chi connectivity index (χ2n) is 7.18. The van der Waals surface area contributed by atoms with Gasteiger partial charge in [-0.3, -0.25) is 0 Å². The summed E-state index contributed by atoms with van der Waals surface area (Å²) in [5.41, 5.74) is 0. The van der Waals surface area contributed by atoms with Crippen LogP contribution in [0.25, 0.3) is 0 Å². The molecular formula is C19H30N6O5. The molecule has 2 N–H and O–H groups in total. The highest BCUT2D eigenvalue weighted by molar-refractivity contribution is 5.83. The van der Waals surface area contributed by atoms with Crippen molar-refractivity contribution in [1.29, 1.82) is 0 Å². The summed E-state index contributed by atoms with van der Waals surface area (Å²) in [5, 5.41) is 17.2. The number of hydrogen-bond acceptors (Lipinski definition) is 8. The van der Waals surface area contributed by atoms with Crippen molar-refractivity contribution in [3.05, 3.63) is 30.5 Å². The third-order valence-corrected chi connectivity index (χ3v) is 3.30. The van der Waals surface area contributed by atoms with Gasteiger partial charge in [0.05, 0.1) is 13.2 Å². The molecule has 0 saturated carbocycles. The van der Waals surface area contributed by atoms with Crippen LogP contribution in [0.1, 0.15) is 27.7 Å². The summed E-state index contributed by atoms with van der Waals surface area (Å²) in [7, 11) is 0. The molecule has 0 fully saturated rings. The van der Waals surface area contributed by atoms with Gasteiger partial charge in [0.25, 0.3) is 0 Å². The summed E-state index contributed by atoms with van der Waals surface area (Å²) in [4.78, 5) is 33.8. The molecule has 1 aromatic rings. The lowest BCUT2D eigenvalue weighted by Gasteiger charge is -2.20. The van der Waals surface area contributed by atoms with Gasteiger partial charge in [-0.15, -0.1) is 13.2 Å². The average Bonchev–Trinajstić information content (AvgIpc) is 2.67. The topological polar surface area (TPSA) is 133 Å². The second-order valence-corrected chi connectivity index (χ2v) is 7.18. The van der Waals surface area contributed by atoms with E-state index in [1.165, 1.54) is 0 Å². The number of hydrogen-bond donors (Lipinski definition) is 2. The molecule has 1 rings (SSSR count). The van der Waals surface area contributed by atoms with Gasteiger partial charge in [-0.2, -0.15) is 0 Å². The largest absolute Gasteiger partial charge is 0.762 e. The quantitative estimate of drug-likeness (QED) is 0.316. The molecule has 2 amide bonds. The van der Waals surface area contributed by atoms with Crippen molar-refractivity contribution < 1.29 is 23.8 Å². The standard InChI is InChI=1S/C19H30N6O5/c1-7-9-24(10-8-2)15-20-16(22-18(26)29-11-13(3)4)25(28)17(21-15)23-19(27)30-12-14(5)6/h7-8,13-14H,1-2,9-12H2,3-6H3,(H2,20,21,22,23,26,27). The zero-order valence-electron chi connectivity index (χ0n) is 17.9. The molecule has 0 aliphatic heterocycles. The minimum Gasteiger partial charge on any atom is -0.762 e. The fourth-order valence-electron chi connectivity index (χ4n) is 1.99. The van der Waals surface area contributed by atoms with Gasteiger partial charge in [0, 0.05) is 13.1 Å². The molecule has 30 heavy (non-hydrogen) atoms. The molecule has 0 atom stereocenters. The van der Waals surface area contributed by atoms with Gasteiger partial charge in [-0.05, 0) is 11.8 Å². The number of carbonyl (C=O) groups excluding carboxylic acids is 2. The molecule has 0 radical (unpaired) electrons. The predicted molar refractivity (Wildman–Crippen MR) is 113 cm³/mol. The Balaban J connectivity index is 3.21. The third kappa shape index (κ3) is 8.33. The zero-order chi connectivity index (χ0) is 22.7. The minimum absolute atomic E-state index is 0.0696. The number of anilines is 3. The Kier molecular flexibility index (Phi) is 10.1. The maximum atomic E-state index is 12.6. The molecule has 0 bridgehead atoms. The molecule has 0 aliphatic rings. The number of amides is 2. The summed E-state index contributed by atoms with van der Waals surface area (Å²) in [5.74, 6) is -0.531. The maximum absolute atomic E-state index is 12.6. The monoisotopic (exact) mass is 422 g/mol. The van der Waals surface area contributed by atoms with Gasteiger partial charge in [-0.25, -0.2) is 25.0 Å². The van der Waals surface area contributed by atoms with Crippen LogP contribution in [0.4, 0.5) is 27.4 Å². The number of nitrogens with zero attached hydrogens (tertiary/aromatic N) is 4. The Bertz CT molecular complexity index is 696. The van der Waals surface area contributed by atoms with Crippen LogP contribution in [-0.4, -0.2) is 48.5 Å². The predicted octanol–water partition coefficient (Wildman–Crippen LogP) is 2.70. The normalized spacial score (nSPS) is 10.5. The summed E-state index contributed by atoms with van der Waals surface area (Å²) < 4.78 is 10.2. The van der Waals surface area contributed by atoms with Gasteiger partial charge in [0.2, 0.25) is 0 Å². The summed E-state index contributed by atoms with van der Waals surface area (Å²) >= 11 is 0. The van der Waals surface area contributed by atoms with Crippen molar-refractivity contribution in [3.8, 4) is 0 Å². The fourth-order valence-corrected chi connectivity index (χ4v) is 1.99. The van der Waals surface area contributed by atoms with E-state index >= 15 is 0 Å². The number of nitrogens with one attached hydrogen (secondary N) is 2. The van der Waals surface area contributed by atoms with Gasteiger partial charge in [0.1, 0.15) is 0 Å². The Morgan fingerprint density at radius 1 is 1.00 bits per heavy atom. The lowest BCUT2D eigenvalue weighted by Crippen LogP contribution is -2.41. The Morgan fingerprint density at radius 3 is 1.73 bits per heavy atom. The first-order valence-electron chi connectivity index (χ1n) is 9.53. The second kappa shape index (κ2) is 12.2. The molecule has 1 heterocycles. The molecule has 0 aromatic carbocycles. The molecule has 0 saturated heterocycles. The zero-order valence-corrected chi connectivity index (χ0v) is 17.9. The van der Waals surface area contributed by atoms with E-state index in [-0.39, 0.29) is 35.7 Å². The van der Waals surface area contributed by atoms with Crippen LogP contribution in [0.15, 0.2) is 25.3 Å².